The molecule has 0 radical (unpaired) electrons. The molecule has 0 saturated carbocycles. The van der Waals surface area contributed by atoms with Gasteiger partial charge in [-0.05, 0) is 39.0 Å². The SMILES string of the molecule is CC1CCC(C(O)C2(CN)CC3CCC2O3)O1. The number of aliphatic hydroxyl groups is 1. The highest BCUT2D eigenvalue weighted by molar-refractivity contribution is 5.07. The largest absolute Gasteiger partial charge is 0.390 e. The van der Waals surface area contributed by atoms with Crippen molar-refractivity contribution in [1.82, 2.24) is 0 Å². The van der Waals surface area contributed by atoms with E-state index in [2.05, 4.69) is 6.92 Å². The molecular weight excluding hydrogens is 218 g/mol. The van der Waals surface area contributed by atoms with Crippen LogP contribution in [0.3, 0.4) is 0 Å². The Balaban J connectivity index is 1.76. The van der Waals surface area contributed by atoms with E-state index in [0.717, 1.165) is 32.1 Å². The summed E-state index contributed by atoms with van der Waals surface area (Å²) in [6.45, 7) is 2.57. The van der Waals surface area contributed by atoms with Crippen molar-refractivity contribution in [3.8, 4) is 0 Å². The van der Waals surface area contributed by atoms with Gasteiger partial charge in [-0.3, -0.25) is 0 Å². The lowest BCUT2D eigenvalue weighted by Gasteiger charge is -2.40. The Morgan fingerprint density at radius 1 is 1.29 bits per heavy atom. The highest BCUT2D eigenvalue weighted by Gasteiger charge is 2.57. The summed E-state index contributed by atoms with van der Waals surface area (Å²) >= 11 is 0. The third kappa shape index (κ3) is 1.73. The zero-order valence-corrected chi connectivity index (χ0v) is 10.5. The molecule has 0 amide bonds. The third-order valence-corrected chi connectivity index (χ3v) is 4.94. The molecule has 3 fully saturated rings. The predicted molar refractivity (Wildman–Crippen MR) is 63.6 cm³/mol. The summed E-state index contributed by atoms with van der Waals surface area (Å²) < 4.78 is 11.7. The average molecular weight is 241 g/mol. The smallest absolute Gasteiger partial charge is 0.0895 e. The van der Waals surface area contributed by atoms with E-state index < -0.39 is 6.10 Å². The second kappa shape index (κ2) is 4.19. The maximum absolute atomic E-state index is 10.7. The number of fused-ring (bicyclic) bond motifs is 2. The summed E-state index contributed by atoms with van der Waals surface area (Å²) in [4.78, 5) is 0. The molecule has 6 atom stereocenters. The number of hydrogen-bond donors (Lipinski definition) is 2. The maximum atomic E-state index is 10.7. The molecule has 0 aromatic carbocycles. The van der Waals surface area contributed by atoms with E-state index in [1.807, 2.05) is 0 Å². The molecule has 3 heterocycles. The van der Waals surface area contributed by atoms with Crippen molar-refractivity contribution in [2.45, 2.75) is 69.5 Å². The van der Waals surface area contributed by atoms with E-state index in [1.165, 1.54) is 0 Å². The first kappa shape index (κ1) is 11.9. The van der Waals surface area contributed by atoms with Gasteiger partial charge in [-0.15, -0.1) is 0 Å². The van der Waals surface area contributed by atoms with Gasteiger partial charge in [0.15, 0.2) is 0 Å². The van der Waals surface area contributed by atoms with E-state index in [1.54, 1.807) is 0 Å². The predicted octanol–water partition coefficient (Wildman–Crippen LogP) is 0.811. The molecule has 4 nitrogen and oxygen atoms in total. The van der Waals surface area contributed by atoms with Crippen LogP contribution in [0, 0.1) is 5.41 Å². The van der Waals surface area contributed by atoms with Gasteiger partial charge < -0.3 is 20.3 Å². The molecule has 2 bridgehead atoms. The molecule has 4 heteroatoms. The fourth-order valence-electron chi connectivity index (χ4n) is 3.92. The van der Waals surface area contributed by atoms with E-state index in [9.17, 15) is 5.11 Å². The Morgan fingerprint density at radius 2 is 2.12 bits per heavy atom. The van der Waals surface area contributed by atoms with E-state index in [-0.39, 0.29) is 23.7 Å². The van der Waals surface area contributed by atoms with Gasteiger partial charge >= 0.3 is 0 Å². The summed E-state index contributed by atoms with van der Waals surface area (Å²) in [5.74, 6) is 0. The highest BCUT2D eigenvalue weighted by atomic mass is 16.5. The van der Waals surface area contributed by atoms with Crippen molar-refractivity contribution in [3.05, 3.63) is 0 Å². The standard InChI is InChI=1S/C13H23NO3/c1-8-2-4-10(16-8)12(15)13(7-14)6-9-3-5-11(13)17-9/h8-12,15H,2-7,14H2,1H3. The van der Waals surface area contributed by atoms with Crippen LogP contribution in [-0.2, 0) is 9.47 Å². The average Bonchev–Trinajstić information content (AvgIpc) is 3.02. The maximum Gasteiger partial charge on any atom is 0.0895 e. The summed E-state index contributed by atoms with van der Waals surface area (Å²) in [6, 6.07) is 0. The Morgan fingerprint density at radius 3 is 2.59 bits per heavy atom. The number of hydrogen-bond acceptors (Lipinski definition) is 4. The molecule has 3 rings (SSSR count). The molecule has 6 unspecified atom stereocenters. The molecule has 3 aliphatic heterocycles. The topological polar surface area (TPSA) is 64.7 Å². The van der Waals surface area contributed by atoms with Crippen molar-refractivity contribution in [2.75, 3.05) is 6.54 Å². The second-order valence-corrected chi connectivity index (χ2v) is 5.97. The Bertz CT molecular complexity index is 298. The lowest BCUT2D eigenvalue weighted by Crippen LogP contribution is -2.53. The fraction of sp³-hybridized carbons (Fsp3) is 1.00. The fourth-order valence-corrected chi connectivity index (χ4v) is 3.92. The lowest BCUT2D eigenvalue weighted by atomic mass is 9.68. The minimum absolute atomic E-state index is 0.0449. The van der Waals surface area contributed by atoms with Crippen LogP contribution in [0.2, 0.25) is 0 Å². The molecular formula is C13H23NO3. The van der Waals surface area contributed by atoms with Crippen LogP contribution < -0.4 is 5.73 Å². The van der Waals surface area contributed by atoms with Crippen molar-refractivity contribution < 1.29 is 14.6 Å². The van der Waals surface area contributed by atoms with E-state index >= 15 is 0 Å². The van der Waals surface area contributed by atoms with E-state index in [4.69, 9.17) is 15.2 Å². The van der Waals surface area contributed by atoms with Crippen LogP contribution in [0.15, 0.2) is 0 Å². The monoisotopic (exact) mass is 241 g/mol. The Labute approximate surface area is 102 Å². The molecule has 98 valence electrons. The van der Waals surface area contributed by atoms with Crippen LogP contribution in [0.4, 0.5) is 0 Å². The van der Waals surface area contributed by atoms with Gasteiger partial charge in [-0.2, -0.15) is 0 Å². The molecule has 3 N–H and O–H groups in total. The van der Waals surface area contributed by atoms with E-state index in [0.29, 0.717) is 12.6 Å². The minimum Gasteiger partial charge on any atom is -0.390 e. The lowest BCUT2D eigenvalue weighted by molar-refractivity contribution is -0.106. The van der Waals surface area contributed by atoms with Crippen LogP contribution in [-0.4, -0.2) is 42.2 Å². The molecule has 0 aromatic heterocycles. The van der Waals surface area contributed by atoms with Crippen molar-refractivity contribution >= 4 is 0 Å². The van der Waals surface area contributed by atoms with Crippen LogP contribution in [0.5, 0.6) is 0 Å². The second-order valence-electron chi connectivity index (χ2n) is 5.97. The van der Waals surface area contributed by atoms with Crippen molar-refractivity contribution in [2.24, 2.45) is 11.1 Å². The molecule has 17 heavy (non-hydrogen) atoms. The Hall–Kier alpha value is -0.160. The molecule has 3 aliphatic rings. The van der Waals surface area contributed by atoms with Crippen LogP contribution >= 0.6 is 0 Å². The Kier molecular flexibility index (Phi) is 2.94. The summed E-state index contributed by atoms with van der Waals surface area (Å²) in [5.41, 5.74) is 5.71. The first-order valence-corrected chi connectivity index (χ1v) is 6.85. The molecule has 0 aromatic rings. The summed E-state index contributed by atoms with van der Waals surface area (Å²) in [6.07, 6.45) is 5.28. The first-order valence-electron chi connectivity index (χ1n) is 6.85. The zero-order chi connectivity index (χ0) is 12.0. The first-order chi connectivity index (χ1) is 8.15. The normalized spacial score (nSPS) is 51.0. The quantitative estimate of drug-likeness (QED) is 0.767. The third-order valence-electron chi connectivity index (χ3n) is 4.94. The summed E-state index contributed by atoms with van der Waals surface area (Å²) in [5, 5.41) is 10.7. The number of aliphatic hydroxyl groups excluding tert-OH is 1. The van der Waals surface area contributed by atoms with Gasteiger partial charge in [0.25, 0.3) is 0 Å². The van der Waals surface area contributed by atoms with Gasteiger partial charge in [0.1, 0.15) is 0 Å². The number of rotatable bonds is 3. The molecule has 0 aliphatic carbocycles. The van der Waals surface area contributed by atoms with Gasteiger partial charge in [0.05, 0.1) is 30.5 Å². The van der Waals surface area contributed by atoms with Crippen molar-refractivity contribution in [1.29, 1.82) is 0 Å². The zero-order valence-electron chi connectivity index (χ0n) is 10.5. The van der Waals surface area contributed by atoms with Gasteiger partial charge in [-0.1, -0.05) is 0 Å². The molecule has 0 spiro atoms. The van der Waals surface area contributed by atoms with Crippen LogP contribution in [0.1, 0.15) is 39.0 Å². The van der Waals surface area contributed by atoms with Crippen molar-refractivity contribution in [3.63, 3.8) is 0 Å². The number of ether oxygens (including phenoxy) is 2. The van der Waals surface area contributed by atoms with Gasteiger partial charge in [0, 0.05) is 12.0 Å². The minimum atomic E-state index is -0.465. The number of nitrogens with two attached hydrogens (primary N) is 1. The molecule has 3 saturated heterocycles. The highest BCUT2D eigenvalue weighted by Crippen LogP contribution is 2.51. The van der Waals surface area contributed by atoms with Crippen LogP contribution in [0.25, 0.3) is 0 Å². The summed E-state index contributed by atoms with van der Waals surface area (Å²) in [7, 11) is 0. The van der Waals surface area contributed by atoms with Gasteiger partial charge in [-0.25, -0.2) is 0 Å². The van der Waals surface area contributed by atoms with Gasteiger partial charge in [0.2, 0.25) is 0 Å².